The second-order valence-corrected chi connectivity index (χ2v) is 7.99. The van der Waals surface area contributed by atoms with Gasteiger partial charge in [-0.3, -0.25) is 4.98 Å². The number of pyridine rings is 1. The quantitative estimate of drug-likeness (QED) is 0.555. The number of unbranched alkanes of at least 4 members (excludes halogenated alkanes) is 2. The van der Waals surface area contributed by atoms with Crippen molar-refractivity contribution >= 4 is 6.09 Å². The fraction of sp³-hybridized carbons (Fsp3) is 0.636. The summed E-state index contributed by atoms with van der Waals surface area (Å²) in [5.74, 6) is 7.06. The van der Waals surface area contributed by atoms with Crippen LogP contribution in [0, 0.1) is 18.8 Å². The van der Waals surface area contributed by atoms with Gasteiger partial charge in [0.15, 0.2) is 0 Å². The molecule has 0 bridgehead atoms. The Kier molecular flexibility index (Phi) is 7.53. The molecule has 0 unspecified atom stereocenters. The molecule has 0 saturated carbocycles. The molecule has 2 heterocycles. The summed E-state index contributed by atoms with van der Waals surface area (Å²) in [6, 6.07) is 1.96. The van der Waals surface area contributed by atoms with Crippen molar-refractivity contribution in [2.45, 2.75) is 78.4 Å². The summed E-state index contributed by atoms with van der Waals surface area (Å²) >= 11 is 0. The first-order valence-electron chi connectivity index (χ1n) is 9.88. The highest BCUT2D eigenvalue weighted by molar-refractivity contribution is 5.69. The molecule has 1 atom stereocenters. The fourth-order valence-electron chi connectivity index (χ4n) is 2.91. The van der Waals surface area contributed by atoms with Gasteiger partial charge in [0.2, 0.25) is 0 Å². The average molecular weight is 373 g/mol. The lowest BCUT2D eigenvalue weighted by atomic mass is 10.2. The molecule has 1 aliphatic heterocycles. The number of nitrogens with zero attached hydrogens (tertiary/aromatic N) is 2. The van der Waals surface area contributed by atoms with Crippen LogP contribution in [0.5, 0.6) is 5.75 Å². The maximum Gasteiger partial charge on any atom is 0.410 e. The lowest BCUT2D eigenvalue weighted by molar-refractivity contribution is 0.0187. The van der Waals surface area contributed by atoms with Crippen LogP contribution in [0.2, 0.25) is 0 Å². The molecule has 5 nitrogen and oxygen atoms in total. The number of hydrogen-bond acceptors (Lipinski definition) is 4. The molecule has 148 valence electrons. The smallest absolute Gasteiger partial charge is 0.410 e. The Morgan fingerprint density at radius 1 is 1.41 bits per heavy atom. The minimum atomic E-state index is -0.490. The number of amides is 1. The van der Waals surface area contributed by atoms with Crippen LogP contribution in [-0.2, 0) is 4.74 Å². The second-order valence-electron chi connectivity index (χ2n) is 7.99. The molecule has 0 spiro atoms. The number of likely N-dealkylation sites (tertiary alicyclic amines) is 1. The van der Waals surface area contributed by atoms with Gasteiger partial charge in [-0.2, -0.15) is 0 Å². The molecule has 1 aromatic heterocycles. The minimum absolute atomic E-state index is 0.0264. The van der Waals surface area contributed by atoms with E-state index in [1.807, 2.05) is 33.8 Å². The van der Waals surface area contributed by atoms with Crippen molar-refractivity contribution < 1.29 is 14.3 Å². The van der Waals surface area contributed by atoms with Gasteiger partial charge in [-0.05, 0) is 53.0 Å². The molecule has 2 rings (SSSR count). The highest BCUT2D eigenvalue weighted by atomic mass is 16.6. The van der Waals surface area contributed by atoms with Crippen molar-refractivity contribution in [3.63, 3.8) is 0 Å². The van der Waals surface area contributed by atoms with E-state index >= 15 is 0 Å². The minimum Gasteiger partial charge on any atom is -0.489 e. The predicted molar refractivity (Wildman–Crippen MR) is 107 cm³/mol. The average Bonchev–Trinajstić information content (AvgIpc) is 3.06. The summed E-state index contributed by atoms with van der Waals surface area (Å²) in [4.78, 5) is 18.6. The maximum absolute atomic E-state index is 12.4. The zero-order chi connectivity index (χ0) is 19.9. The van der Waals surface area contributed by atoms with Crippen molar-refractivity contribution in [3.8, 4) is 17.6 Å². The van der Waals surface area contributed by atoms with E-state index in [4.69, 9.17) is 9.47 Å². The van der Waals surface area contributed by atoms with E-state index in [9.17, 15) is 4.79 Å². The third-order valence-corrected chi connectivity index (χ3v) is 4.36. The van der Waals surface area contributed by atoms with Gasteiger partial charge in [0.1, 0.15) is 18.0 Å². The third-order valence-electron chi connectivity index (χ3n) is 4.36. The number of carbonyl (C=O) groups excluding carboxylic acids is 1. The zero-order valence-electron chi connectivity index (χ0n) is 17.3. The first-order chi connectivity index (χ1) is 12.8. The summed E-state index contributed by atoms with van der Waals surface area (Å²) in [7, 11) is 0. The molecule has 27 heavy (non-hydrogen) atoms. The Morgan fingerprint density at radius 3 is 2.89 bits per heavy atom. The van der Waals surface area contributed by atoms with Gasteiger partial charge in [-0.1, -0.05) is 25.2 Å². The molecule has 0 aliphatic carbocycles. The van der Waals surface area contributed by atoms with E-state index in [1.54, 1.807) is 11.1 Å². The molecule has 1 saturated heterocycles. The summed E-state index contributed by atoms with van der Waals surface area (Å²) in [6.07, 6.45) is 6.55. The highest BCUT2D eigenvalue weighted by Gasteiger charge is 2.32. The van der Waals surface area contributed by atoms with E-state index in [2.05, 4.69) is 23.7 Å². The normalized spacial score (nSPS) is 16.6. The van der Waals surface area contributed by atoms with Gasteiger partial charge in [-0.15, -0.1) is 0 Å². The lowest BCUT2D eigenvalue weighted by Crippen LogP contribution is -2.42. The SMILES string of the molecule is CCCCC#Cc1cnc(C)c(OC[C@@H]2CCCN2C(=O)OC(C)(C)C)c1. The second kappa shape index (κ2) is 9.64. The Bertz CT molecular complexity index is 698. The van der Waals surface area contributed by atoms with Crippen molar-refractivity contribution in [2.75, 3.05) is 13.2 Å². The number of rotatable bonds is 5. The molecular weight excluding hydrogens is 340 g/mol. The Hall–Kier alpha value is -2.22. The van der Waals surface area contributed by atoms with E-state index in [-0.39, 0.29) is 12.1 Å². The monoisotopic (exact) mass is 372 g/mol. The predicted octanol–water partition coefficient (Wildman–Crippen LogP) is 4.71. The van der Waals surface area contributed by atoms with Crippen molar-refractivity contribution in [1.29, 1.82) is 0 Å². The largest absolute Gasteiger partial charge is 0.489 e. The molecule has 0 radical (unpaired) electrons. The molecule has 0 N–H and O–H groups in total. The first-order valence-corrected chi connectivity index (χ1v) is 9.88. The van der Waals surface area contributed by atoms with Crippen LogP contribution in [0.4, 0.5) is 4.79 Å². The molecule has 1 amide bonds. The van der Waals surface area contributed by atoms with Gasteiger partial charge in [0.05, 0.1) is 11.7 Å². The fourth-order valence-corrected chi connectivity index (χ4v) is 2.91. The summed E-state index contributed by atoms with van der Waals surface area (Å²) in [5.41, 5.74) is 1.20. The number of ether oxygens (including phenoxy) is 2. The van der Waals surface area contributed by atoms with Gasteiger partial charge in [0, 0.05) is 24.7 Å². The number of carbonyl (C=O) groups is 1. The van der Waals surface area contributed by atoms with Crippen molar-refractivity contribution in [2.24, 2.45) is 0 Å². The Balaban J connectivity index is 1.98. The molecule has 1 aliphatic rings. The van der Waals surface area contributed by atoms with Gasteiger partial charge >= 0.3 is 6.09 Å². The molecular formula is C22H32N2O3. The third kappa shape index (κ3) is 6.78. The topological polar surface area (TPSA) is 51.7 Å². The van der Waals surface area contributed by atoms with Crippen LogP contribution in [0.3, 0.4) is 0 Å². The number of aryl methyl sites for hydroxylation is 1. The Labute approximate surface area is 163 Å². The first kappa shape index (κ1) is 21.1. The van der Waals surface area contributed by atoms with E-state index in [0.29, 0.717) is 13.2 Å². The molecule has 1 fully saturated rings. The summed E-state index contributed by atoms with van der Waals surface area (Å²) in [6.45, 7) is 10.9. The summed E-state index contributed by atoms with van der Waals surface area (Å²) < 4.78 is 11.5. The van der Waals surface area contributed by atoms with E-state index in [0.717, 1.165) is 49.1 Å². The molecule has 1 aromatic rings. The standard InChI is InChI=1S/C22H32N2O3/c1-6-7-8-9-11-18-14-20(17(2)23-15-18)26-16-19-12-10-13-24(19)21(25)27-22(3,4)5/h14-15,19H,6-8,10,12-13,16H2,1-5H3/t19-/m0/s1. The van der Waals surface area contributed by atoms with Gasteiger partial charge in [-0.25, -0.2) is 4.79 Å². The van der Waals surface area contributed by atoms with Crippen molar-refractivity contribution in [3.05, 3.63) is 23.5 Å². The van der Waals surface area contributed by atoms with Crippen molar-refractivity contribution in [1.82, 2.24) is 9.88 Å². The van der Waals surface area contributed by atoms with Crippen LogP contribution in [0.25, 0.3) is 0 Å². The van der Waals surface area contributed by atoms with Crippen LogP contribution in [-0.4, -0.2) is 40.8 Å². The Morgan fingerprint density at radius 2 is 2.19 bits per heavy atom. The van der Waals surface area contributed by atoms with E-state index in [1.165, 1.54) is 0 Å². The maximum atomic E-state index is 12.4. The number of hydrogen-bond donors (Lipinski definition) is 0. The van der Waals surface area contributed by atoms with Crippen LogP contribution in [0.1, 0.15) is 71.1 Å². The molecule has 0 aromatic carbocycles. The van der Waals surface area contributed by atoms with Crippen LogP contribution < -0.4 is 4.74 Å². The highest BCUT2D eigenvalue weighted by Crippen LogP contribution is 2.23. The number of aromatic nitrogens is 1. The van der Waals surface area contributed by atoms with Gasteiger partial charge in [0.25, 0.3) is 0 Å². The van der Waals surface area contributed by atoms with Gasteiger partial charge < -0.3 is 14.4 Å². The van der Waals surface area contributed by atoms with Crippen LogP contribution >= 0.6 is 0 Å². The van der Waals surface area contributed by atoms with Crippen LogP contribution in [0.15, 0.2) is 12.3 Å². The zero-order valence-corrected chi connectivity index (χ0v) is 17.3. The lowest BCUT2D eigenvalue weighted by Gasteiger charge is -2.28. The summed E-state index contributed by atoms with van der Waals surface area (Å²) in [5, 5.41) is 0. The molecule has 5 heteroatoms. The van der Waals surface area contributed by atoms with E-state index < -0.39 is 5.60 Å².